The highest BCUT2D eigenvalue weighted by Crippen LogP contribution is 2.30. The molecular weight excluding hydrogens is 233 g/mol. The second kappa shape index (κ2) is 3.38. The van der Waals surface area contributed by atoms with E-state index in [9.17, 15) is 0 Å². The molecule has 0 saturated heterocycles. The first-order valence-electron chi connectivity index (χ1n) is 2.80. The van der Waals surface area contributed by atoms with Crippen LogP contribution in [-0.2, 0) is 6.61 Å². The Labute approximate surface area is 76.8 Å². The van der Waals surface area contributed by atoms with Crippen LogP contribution in [0.25, 0.3) is 0 Å². The summed E-state index contributed by atoms with van der Waals surface area (Å²) < 4.78 is 0.432. The molecule has 0 atom stereocenters. The Kier molecular flexibility index (Phi) is 2.70. The van der Waals surface area contributed by atoms with Crippen LogP contribution in [0, 0.1) is 0 Å². The Morgan fingerprint density at radius 2 is 2.27 bits per heavy atom. The lowest BCUT2D eigenvalue weighted by Crippen LogP contribution is -1.89. The van der Waals surface area contributed by atoms with Gasteiger partial charge in [-0.2, -0.15) is 0 Å². The van der Waals surface area contributed by atoms with Crippen LogP contribution >= 0.6 is 27.5 Å². The molecule has 11 heavy (non-hydrogen) atoms. The molecule has 1 rings (SSSR count). The van der Waals surface area contributed by atoms with Gasteiger partial charge in [-0.1, -0.05) is 11.6 Å². The van der Waals surface area contributed by atoms with Crippen molar-refractivity contribution in [2.45, 2.75) is 6.61 Å². The van der Waals surface area contributed by atoms with Crippen molar-refractivity contribution in [2.75, 3.05) is 0 Å². The summed E-state index contributed by atoms with van der Waals surface area (Å²) in [6.45, 7) is -0.196. The normalized spacial score (nSPS) is 10.1. The number of aliphatic hydroxyl groups is 1. The first-order chi connectivity index (χ1) is 5.15. The van der Waals surface area contributed by atoms with Crippen LogP contribution in [0.5, 0.6) is 5.75 Å². The van der Waals surface area contributed by atoms with Gasteiger partial charge in [0.15, 0.2) is 10.9 Å². The van der Waals surface area contributed by atoms with E-state index < -0.39 is 0 Å². The Bertz CT molecular complexity index is 256. The fraction of sp³-hybridized carbons (Fsp3) is 0.167. The maximum absolute atomic E-state index is 9.10. The van der Waals surface area contributed by atoms with Crippen molar-refractivity contribution in [3.05, 3.63) is 21.4 Å². The number of rotatable bonds is 1. The van der Waals surface area contributed by atoms with Gasteiger partial charge in [0.05, 0.1) is 16.8 Å². The number of hydrogen-bond donors (Lipinski definition) is 2. The largest absolute Gasteiger partial charge is 0.504 e. The van der Waals surface area contributed by atoms with Crippen LogP contribution in [0.4, 0.5) is 0 Å². The van der Waals surface area contributed by atoms with Crippen LogP contribution in [0.3, 0.4) is 0 Å². The van der Waals surface area contributed by atoms with Crippen molar-refractivity contribution < 1.29 is 10.2 Å². The van der Waals surface area contributed by atoms with Crippen molar-refractivity contribution in [1.82, 2.24) is 4.98 Å². The molecule has 0 aliphatic rings. The van der Waals surface area contributed by atoms with Gasteiger partial charge in [0.2, 0.25) is 0 Å². The molecule has 1 aromatic heterocycles. The molecule has 0 spiro atoms. The Hall–Kier alpha value is -0.320. The predicted octanol–water partition coefficient (Wildman–Crippen LogP) is 1.70. The van der Waals surface area contributed by atoms with Gasteiger partial charge in [-0.3, -0.25) is 0 Å². The first kappa shape index (κ1) is 8.77. The average Bonchev–Trinajstić information content (AvgIpc) is 1.99. The molecule has 2 N–H and O–H groups in total. The lowest BCUT2D eigenvalue weighted by Gasteiger charge is -2.00. The highest BCUT2D eigenvalue weighted by atomic mass is 79.9. The van der Waals surface area contributed by atoms with E-state index in [0.29, 0.717) is 10.2 Å². The fourth-order valence-corrected chi connectivity index (χ4v) is 1.38. The van der Waals surface area contributed by atoms with Crippen molar-refractivity contribution in [3.8, 4) is 5.75 Å². The van der Waals surface area contributed by atoms with Crippen LogP contribution in [0.1, 0.15) is 5.69 Å². The summed E-state index contributed by atoms with van der Waals surface area (Å²) in [5.74, 6) is -0.108. The molecule has 0 saturated carbocycles. The summed E-state index contributed by atoms with van der Waals surface area (Å²) in [6.07, 6.45) is 0. The quantitative estimate of drug-likeness (QED) is 0.732. The van der Waals surface area contributed by atoms with Crippen LogP contribution in [-0.4, -0.2) is 15.2 Å². The minimum absolute atomic E-state index is 0.0107. The van der Waals surface area contributed by atoms with Crippen molar-refractivity contribution in [1.29, 1.82) is 0 Å². The van der Waals surface area contributed by atoms with Gasteiger partial charge in [-0.25, -0.2) is 4.98 Å². The molecule has 0 unspecified atom stereocenters. The molecule has 60 valence electrons. The van der Waals surface area contributed by atoms with E-state index >= 15 is 0 Å². The molecule has 1 heterocycles. The number of hydrogen-bond acceptors (Lipinski definition) is 3. The van der Waals surface area contributed by atoms with E-state index in [-0.39, 0.29) is 17.5 Å². The van der Waals surface area contributed by atoms with Gasteiger partial charge in [0, 0.05) is 0 Å². The second-order valence-corrected chi connectivity index (χ2v) is 3.11. The summed E-state index contributed by atoms with van der Waals surface area (Å²) in [7, 11) is 0. The van der Waals surface area contributed by atoms with E-state index in [1.54, 1.807) is 0 Å². The summed E-state index contributed by atoms with van der Waals surface area (Å²) in [5.41, 5.74) is 0.416. The number of aromatic nitrogens is 1. The topological polar surface area (TPSA) is 53.4 Å². The van der Waals surface area contributed by atoms with Crippen LogP contribution < -0.4 is 0 Å². The second-order valence-electron chi connectivity index (χ2n) is 1.89. The molecule has 0 aliphatic heterocycles. The Morgan fingerprint density at radius 1 is 1.64 bits per heavy atom. The summed E-state index contributed by atoms with van der Waals surface area (Å²) >= 11 is 8.55. The lowest BCUT2D eigenvalue weighted by molar-refractivity contribution is 0.276. The molecule has 0 amide bonds. The third-order valence-electron chi connectivity index (χ3n) is 1.12. The maximum Gasteiger partial charge on any atom is 0.172 e. The minimum Gasteiger partial charge on any atom is -0.504 e. The lowest BCUT2D eigenvalue weighted by atomic mass is 10.3. The molecule has 0 bridgehead atoms. The van der Waals surface area contributed by atoms with E-state index in [0.717, 1.165) is 0 Å². The van der Waals surface area contributed by atoms with E-state index in [4.69, 9.17) is 21.8 Å². The van der Waals surface area contributed by atoms with Crippen LogP contribution in [0.15, 0.2) is 10.5 Å². The zero-order valence-electron chi connectivity index (χ0n) is 5.38. The zero-order chi connectivity index (χ0) is 8.43. The summed E-state index contributed by atoms with van der Waals surface area (Å²) in [5, 5.41) is 17.7. The van der Waals surface area contributed by atoms with Gasteiger partial charge in [-0.05, 0) is 22.0 Å². The summed E-state index contributed by atoms with van der Waals surface area (Å²) in [6, 6.07) is 1.50. The van der Waals surface area contributed by atoms with E-state index in [2.05, 4.69) is 20.9 Å². The molecular formula is C6H5BrClNO2. The summed E-state index contributed by atoms with van der Waals surface area (Å²) in [4.78, 5) is 3.69. The van der Waals surface area contributed by atoms with E-state index in [1.165, 1.54) is 6.07 Å². The molecule has 0 fully saturated rings. The minimum atomic E-state index is -0.196. The third-order valence-corrected chi connectivity index (χ3v) is 1.99. The predicted molar refractivity (Wildman–Crippen MR) is 44.5 cm³/mol. The molecule has 0 radical (unpaired) electrons. The number of pyridine rings is 1. The third kappa shape index (κ3) is 1.83. The van der Waals surface area contributed by atoms with Gasteiger partial charge < -0.3 is 10.2 Å². The average molecular weight is 238 g/mol. The number of halogens is 2. The molecule has 0 aliphatic carbocycles. The van der Waals surface area contributed by atoms with Gasteiger partial charge in [-0.15, -0.1) is 0 Å². The maximum atomic E-state index is 9.10. The molecule has 0 aromatic carbocycles. The smallest absolute Gasteiger partial charge is 0.172 e. The monoisotopic (exact) mass is 237 g/mol. The first-order valence-corrected chi connectivity index (χ1v) is 3.97. The van der Waals surface area contributed by atoms with Crippen molar-refractivity contribution in [3.63, 3.8) is 0 Å². The number of aromatic hydroxyl groups is 1. The molecule has 1 aromatic rings. The number of nitrogens with zero attached hydrogens (tertiary/aromatic N) is 1. The standard InChI is InChI=1S/C6H5BrClNO2/c7-4-1-3(2-10)9-6(8)5(4)11/h1,10-11H,2H2. The van der Waals surface area contributed by atoms with Gasteiger partial charge in [0.1, 0.15) is 0 Å². The highest BCUT2D eigenvalue weighted by molar-refractivity contribution is 9.10. The zero-order valence-corrected chi connectivity index (χ0v) is 7.72. The Balaban J connectivity index is 3.21. The van der Waals surface area contributed by atoms with E-state index in [1.807, 2.05) is 0 Å². The van der Waals surface area contributed by atoms with Crippen molar-refractivity contribution >= 4 is 27.5 Å². The SMILES string of the molecule is OCc1cc(Br)c(O)c(Cl)n1. The van der Waals surface area contributed by atoms with Gasteiger partial charge in [0.25, 0.3) is 0 Å². The molecule has 5 heteroatoms. The Morgan fingerprint density at radius 3 is 2.73 bits per heavy atom. The molecule has 3 nitrogen and oxygen atoms in total. The van der Waals surface area contributed by atoms with Crippen LogP contribution in [0.2, 0.25) is 5.15 Å². The van der Waals surface area contributed by atoms with Crippen molar-refractivity contribution in [2.24, 2.45) is 0 Å². The number of aliphatic hydroxyl groups excluding tert-OH is 1. The highest BCUT2D eigenvalue weighted by Gasteiger charge is 2.06. The van der Waals surface area contributed by atoms with Gasteiger partial charge >= 0.3 is 0 Å². The fourth-order valence-electron chi connectivity index (χ4n) is 0.605.